The lowest BCUT2D eigenvalue weighted by Crippen LogP contribution is -2.56. The van der Waals surface area contributed by atoms with Crippen LogP contribution in [0, 0.1) is 0 Å². The van der Waals surface area contributed by atoms with Crippen LogP contribution in [0.1, 0.15) is 58.8 Å². The molecule has 4 unspecified atom stereocenters. The molecule has 2 saturated heterocycles. The molecule has 0 radical (unpaired) electrons. The van der Waals surface area contributed by atoms with Crippen LogP contribution in [0.3, 0.4) is 0 Å². The molecule has 2 aliphatic heterocycles. The second-order valence-corrected chi connectivity index (χ2v) is 12.5. The van der Waals surface area contributed by atoms with E-state index in [1.807, 2.05) is 0 Å². The van der Waals surface area contributed by atoms with Crippen molar-refractivity contribution in [2.75, 3.05) is 27.4 Å². The molecule has 1 N–H and O–H groups in total. The molecule has 0 bridgehead atoms. The number of methoxy groups -OCH3 is 2. The van der Waals surface area contributed by atoms with Crippen LogP contribution < -0.4 is 0 Å². The molecule has 50 heavy (non-hydrogen) atoms. The van der Waals surface area contributed by atoms with Crippen LogP contribution in [-0.4, -0.2) is 97.8 Å². The maximum Gasteiger partial charge on any atom is 0.338 e. The second kappa shape index (κ2) is 15.7. The Morgan fingerprint density at radius 3 is 1.38 bits per heavy atom. The molecule has 13 heteroatoms. The van der Waals surface area contributed by atoms with Gasteiger partial charge in [-0.05, 0) is 64.1 Å². The smallest absolute Gasteiger partial charge is 0.338 e. The second-order valence-electron chi connectivity index (χ2n) is 12.5. The van der Waals surface area contributed by atoms with E-state index in [2.05, 4.69) is 0 Å². The Morgan fingerprint density at radius 1 is 0.620 bits per heavy atom. The summed E-state index contributed by atoms with van der Waals surface area (Å²) in [4.78, 5) is 36.7. The number of halogens is 2. The third-order valence-electron chi connectivity index (χ3n) is 9.16. The number of benzene rings is 3. The Bertz CT molecular complexity index is 1580. The summed E-state index contributed by atoms with van der Waals surface area (Å²) in [7, 11) is 2.58. The van der Waals surface area contributed by atoms with E-state index in [-0.39, 0.29) is 18.8 Å². The quantitative estimate of drug-likeness (QED) is 0.219. The minimum atomic E-state index is -2.18. The molecule has 270 valence electrons. The molecule has 11 nitrogen and oxygen atoms in total. The molecule has 2 fully saturated rings. The molecule has 0 spiro atoms. The monoisotopic (exact) mass is 700 g/mol. The average molecular weight is 701 g/mol. The van der Waals surface area contributed by atoms with E-state index in [0.717, 1.165) is 0 Å². The predicted octanol–water partition coefficient (Wildman–Crippen LogP) is 5.25. The Labute approximate surface area is 289 Å². The van der Waals surface area contributed by atoms with Gasteiger partial charge in [-0.1, -0.05) is 54.6 Å². The number of aliphatic hydroxyl groups is 1. The number of carbonyl (C=O) groups excluding carboxylic acids is 3. The van der Waals surface area contributed by atoms with Gasteiger partial charge >= 0.3 is 17.9 Å². The van der Waals surface area contributed by atoms with Crippen molar-refractivity contribution >= 4 is 17.9 Å². The highest BCUT2D eigenvalue weighted by Gasteiger charge is 2.67. The molecular weight excluding hydrogens is 658 g/mol. The van der Waals surface area contributed by atoms with Crippen molar-refractivity contribution in [1.29, 1.82) is 0 Å². The van der Waals surface area contributed by atoms with Crippen LogP contribution in [-0.2, 0) is 33.2 Å². The van der Waals surface area contributed by atoms with Crippen LogP contribution in [0.5, 0.6) is 0 Å². The molecule has 8 atom stereocenters. The lowest BCUT2D eigenvalue weighted by molar-refractivity contribution is -0.165. The first kappa shape index (κ1) is 38.5. The molecule has 2 heterocycles. The lowest BCUT2D eigenvalue weighted by atomic mass is 9.85. The average Bonchev–Trinajstić information content (AvgIpc) is 3.42. The lowest BCUT2D eigenvalue weighted by Gasteiger charge is -2.36. The van der Waals surface area contributed by atoms with E-state index in [1.54, 1.807) is 91.0 Å². The first-order valence-corrected chi connectivity index (χ1v) is 15.8. The van der Waals surface area contributed by atoms with Crippen molar-refractivity contribution in [1.82, 2.24) is 0 Å². The van der Waals surface area contributed by atoms with E-state index in [0.29, 0.717) is 11.1 Å². The van der Waals surface area contributed by atoms with Gasteiger partial charge in [-0.3, -0.25) is 0 Å². The van der Waals surface area contributed by atoms with Crippen LogP contribution in [0.25, 0.3) is 0 Å². The summed E-state index contributed by atoms with van der Waals surface area (Å²) in [6.45, 7) is 4.56. The summed E-state index contributed by atoms with van der Waals surface area (Å²) in [5, 5.41) is 10.3. The van der Waals surface area contributed by atoms with Gasteiger partial charge in [-0.25, -0.2) is 23.2 Å². The molecule has 5 rings (SSSR count). The molecule has 3 aromatic rings. The van der Waals surface area contributed by atoms with Crippen LogP contribution >= 0.6 is 0 Å². The first-order valence-electron chi connectivity index (χ1n) is 15.8. The fraction of sp³-hybridized carbons (Fsp3) is 0.432. The largest absolute Gasteiger partial charge is 0.459 e. The Kier molecular flexibility index (Phi) is 12.1. The van der Waals surface area contributed by atoms with Crippen molar-refractivity contribution < 1.29 is 61.4 Å². The highest BCUT2D eigenvalue weighted by molar-refractivity contribution is 5.90. The summed E-state index contributed by atoms with van der Waals surface area (Å²) in [5.74, 6) is -1.86. The van der Waals surface area contributed by atoms with E-state index in [4.69, 9.17) is 33.2 Å². The number of rotatable bonds is 10. The van der Waals surface area contributed by atoms with Gasteiger partial charge in [0.2, 0.25) is 0 Å². The maximum atomic E-state index is 15.6. The fourth-order valence-corrected chi connectivity index (χ4v) is 5.48. The molecule has 0 amide bonds. The van der Waals surface area contributed by atoms with Gasteiger partial charge < -0.3 is 38.3 Å². The van der Waals surface area contributed by atoms with Crippen LogP contribution in [0.2, 0.25) is 0 Å². The van der Waals surface area contributed by atoms with Crippen LogP contribution in [0.4, 0.5) is 8.78 Å². The normalized spacial score (nSPS) is 31.6. The zero-order valence-corrected chi connectivity index (χ0v) is 28.7. The summed E-state index contributed by atoms with van der Waals surface area (Å²) in [6, 6.07) is 25.0. The zero-order chi connectivity index (χ0) is 36.7. The van der Waals surface area contributed by atoms with Gasteiger partial charge in [0.1, 0.15) is 31.0 Å². The topological polar surface area (TPSA) is 136 Å². The third-order valence-corrected chi connectivity index (χ3v) is 9.16. The minimum absolute atomic E-state index is 0.264. The predicted molar refractivity (Wildman–Crippen MR) is 175 cm³/mol. The standard InChI is InChI=1S/C22H23FO6.C15H19FO5/c1-21(23)20(26-3)28-17(14-27-18(24)15-10-6-4-7-11-15)22(21,2)29-19(25)16-12-8-5-9-13-16;1-14(16)13(19-3)21-11(15(14,2)18)9-20-12(17)10-7-5-4-6-8-10/h4-13,17,20H,14H2,1-3H3;4-8,11,13,18H,9H2,1-3H3/t17-,20?,21+,22?;11-,13?,14+,15?/m11/s1. The zero-order valence-electron chi connectivity index (χ0n) is 28.7. The summed E-state index contributed by atoms with van der Waals surface area (Å²) in [6.07, 6.45) is -4.59. The Balaban J connectivity index is 0.000000237. The molecule has 2 aliphatic rings. The molecule has 0 saturated carbocycles. The van der Waals surface area contributed by atoms with Crippen molar-refractivity contribution in [2.24, 2.45) is 0 Å². The van der Waals surface area contributed by atoms with E-state index >= 15 is 4.39 Å². The van der Waals surface area contributed by atoms with E-state index < -0.39 is 65.2 Å². The first-order chi connectivity index (χ1) is 23.6. The van der Waals surface area contributed by atoms with Crippen molar-refractivity contribution in [3.63, 3.8) is 0 Å². The number of carbonyl (C=O) groups is 3. The highest BCUT2D eigenvalue weighted by Crippen LogP contribution is 2.46. The minimum Gasteiger partial charge on any atom is -0.459 e. The fourth-order valence-electron chi connectivity index (χ4n) is 5.48. The Hall–Kier alpha value is -4.27. The van der Waals surface area contributed by atoms with Gasteiger partial charge in [0.25, 0.3) is 0 Å². The third kappa shape index (κ3) is 7.87. The highest BCUT2D eigenvalue weighted by atomic mass is 19.1. The number of hydrogen-bond acceptors (Lipinski definition) is 11. The van der Waals surface area contributed by atoms with Gasteiger partial charge in [0, 0.05) is 14.2 Å². The molecular formula is C37H42F2O11. The van der Waals surface area contributed by atoms with Crippen molar-refractivity contribution in [3.05, 3.63) is 108 Å². The van der Waals surface area contributed by atoms with E-state index in [9.17, 15) is 23.9 Å². The maximum absolute atomic E-state index is 15.6. The molecule has 0 aromatic heterocycles. The van der Waals surface area contributed by atoms with Crippen molar-refractivity contribution in [2.45, 2.75) is 75.0 Å². The number of hydrogen-bond donors (Lipinski definition) is 1. The summed E-state index contributed by atoms with van der Waals surface area (Å²) < 4.78 is 67.0. The molecule has 0 aliphatic carbocycles. The van der Waals surface area contributed by atoms with Crippen molar-refractivity contribution in [3.8, 4) is 0 Å². The Morgan fingerprint density at radius 2 is 0.980 bits per heavy atom. The van der Waals surface area contributed by atoms with Gasteiger partial charge in [-0.2, -0.15) is 0 Å². The summed E-state index contributed by atoms with van der Waals surface area (Å²) in [5.41, 5.74) is -6.88. The van der Waals surface area contributed by atoms with E-state index in [1.165, 1.54) is 41.9 Å². The van der Waals surface area contributed by atoms with Gasteiger partial charge in [-0.15, -0.1) is 0 Å². The number of esters is 3. The van der Waals surface area contributed by atoms with Gasteiger partial charge in [0.05, 0.1) is 16.7 Å². The SMILES string of the molecule is COC1O[C@H](COC(=O)c2ccccc2)C(C)(O)[C@@]1(C)F.COC1O[C@H](COC(=O)c2ccccc2)C(C)(OC(=O)c2ccccc2)[C@@]1(C)F. The summed E-state index contributed by atoms with van der Waals surface area (Å²) >= 11 is 0. The van der Waals surface area contributed by atoms with Crippen LogP contribution in [0.15, 0.2) is 91.0 Å². The number of ether oxygens (including phenoxy) is 7. The van der Waals surface area contributed by atoms with Gasteiger partial charge in [0.15, 0.2) is 29.5 Å². The molecule has 3 aromatic carbocycles. The number of alkyl halides is 2.